The molecule has 0 saturated carbocycles. The maximum absolute atomic E-state index is 11.3. The fourth-order valence-electron chi connectivity index (χ4n) is 1.70. The van der Waals surface area contributed by atoms with Gasteiger partial charge in [0, 0.05) is 19.6 Å². The molecule has 17 heavy (non-hydrogen) atoms. The highest BCUT2D eigenvalue weighted by Gasteiger charge is 2.30. The lowest BCUT2D eigenvalue weighted by atomic mass is 9.99. The normalized spacial score (nSPS) is 23.9. The predicted octanol–water partition coefficient (Wildman–Crippen LogP) is -1.00. The topological polar surface area (TPSA) is 89.7 Å². The van der Waals surface area contributed by atoms with Gasteiger partial charge in [0.2, 0.25) is 0 Å². The number of methoxy groups -OCH3 is 1. The first kappa shape index (κ1) is 14.4. The summed E-state index contributed by atoms with van der Waals surface area (Å²) in [6.07, 6.45) is 0.458. The number of rotatable bonds is 4. The van der Waals surface area contributed by atoms with Gasteiger partial charge >= 0.3 is 5.97 Å². The van der Waals surface area contributed by atoms with E-state index in [2.05, 4.69) is 4.74 Å². The van der Waals surface area contributed by atoms with E-state index in [0.29, 0.717) is 26.1 Å². The molecule has 1 aliphatic heterocycles. The first-order valence-corrected chi connectivity index (χ1v) is 7.39. The Morgan fingerprint density at radius 2 is 1.94 bits per heavy atom. The van der Waals surface area contributed by atoms with E-state index >= 15 is 0 Å². The second kappa shape index (κ2) is 5.32. The summed E-state index contributed by atoms with van der Waals surface area (Å²) in [5, 5.41) is 0. The summed E-state index contributed by atoms with van der Waals surface area (Å²) < 4.78 is 27.1. The predicted molar refractivity (Wildman–Crippen MR) is 64.3 cm³/mol. The molecule has 0 aromatic rings. The highest BCUT2D eigenvalue weighted by Crippen LogP contribution is 2.11. The van der Waals surface area contributed by atoms with Gasteiger partial charge in [-0.1, -0.05) is 0 Å². The van der Waals surface area contributed by atoms with E-state index in [4.69, 9.17) is 5.73 Å². The van der Waals surface area contributed by atoms with Gasteiger partial charge in [0.15, 0.2) is 9.84 Å². The molecule has 2 N–H and O–H groups in total. The Kier molecular flexibility index (Phi) is 4.51. The number of esters is 1. The van der Waals surface area contributed by atoms with Gasteiger partial charge in [-0.05, 0) is 13.3 Å². The summed E-state index contributed by atoms with van der Waals surface area (Å²) in [6.45, 7) is 3.26. The molecule has 6 nitrogen and oxygen atoms in total. The van der Waals surface area contributed by atoms with Crippen LogP contribution in [0, 0.1) is 0 Å². The van der Waals surface area contributed by atoms with Gasteiger partial charge in [-0.25, -0.2) is 8.42 Å². The monoisotopic (exact) mass is 264 g/mol. The lowest BCUT2D eigenvalue weighted by Gasteiger charge is -2.29. The zero-order valence-electron chi connectivity index (χ0n) is 10.3. The van der Waals surface area contributed by atoms with Crippen LogP contribution in [0.5, 0.6) is 0 Å². The van der Waals surface area contributed by atoms with Gasteiger partial charge in [0.1, 0.15) is 5.54 Å². The van der Waals surface area contributed by atoms with Crippen molar-refractivity contribution in [2.45, 2.75) is 18.9 Å². The van der Waals surface area contributed by atoms with E-state index < -0.39 is 21.3 Å². The average molecular weight is 264 g/mol. The van der Waals surface area contributed by atoms with Crippen LogP contribution < -0.4 is 5.73 Å². The highest BCUT2D eigenvalue weighted by atomic mass is 32.2. The van der Waals surface area contributed by atoms with Crippen molar-refractivity contribution in [1.29, 1.82) is 0 Å². The Morgan fingerprint density at radius 1 is 1.41 bits per heavy atom. The van der Waals surface area contributed by atoms with Crippen molar-refractivity contribution in [2.24, 2.45) is 5.73 Å². The fraction of sp³-hybridized carbons (Fsp3) is 0.900. The van der Waals surface area contributed by atoms with Gasteiger partial charge in [-0.15, -0.1) is 0 Å². The maximum Gasteiger partial charge on any atom is 0.325 e. The smallest absolute Gasteiger partial charge is 0.325 e. The number of carbonyl (C=O) groups is 1. The lowest BCUT2D eigenvalue weighted by molar-refractivity contribution is -0.146. The van der Waals surface area contributed by atoms with Crippen LogP contribution in [0.15, 0.2) is 0 Å². The summed E-state index contributed by atoms with van der Waals surface area (Å²) in [6, 6.07) is 0. The second-order valence-electron chi connectivity index (χ2n) is 4.65. The largest absolute Gasteiger partial charge is 0.468 e. The Bertz CT molecular complexity index is 364. The van der Waals surface area contributed by atoms with Crippen molar-refractivity contribution in [2.75, 3.05) is 38.2 Å². The Balaban J connectivity index is 2.40. The van der Waals surface area contributed by atoms with E-state index in [9.17, 15) is 13.2 Å². The molecule has 1 heterocycles. The summed E-state index contributed by atoms with van der Waals surface area (Å²) >= 11 is 0. The van der Waals surface area contributed by atoms with Gasteiger partial charge in [-0.3, -0.25) is 4.79 Å². The van der Waals surface area contributed by atoms with Crippen molar-refractivity contribution in [3.8, 4) is 0 Å². The second-order valence-corrected chi connectivity index (χ2v) is 6.96. The molecule has 1 aliphatic rings. The van der Waals surface area contributed by atoms with Crippen molar-refractivity contribution in [1.82, 2.24) is 4.90 Å². The molecule has 0 amide bonds. The number of carbonyl (C=O) groups excluding carboxylic acids is 1. The number of hydrogen-bond donors (Lipinski definition) is 1. The van der Waals surface area contributed by atoms with Crippen LogP contribution in [0.3, 0.4) is 0 Å². The van der Waals surface area contributed by atoms with Gasteiger partial charge in [-0.2, -0.15) is 0 Å². The molecule has 7 heteroatoms. The molecule has 1 fully saturated rings. The summed E-state index contributed by atoms with van der Waals surface area (Å²) in [5.41, 5.74) is 4.81. The average Bonchev–Trinajstić information content (AvgIpc) is 2.26. The van der Waals surface area contributed by atoms with Crippen molar-refractivity contribution in [3.05, 3.63) is 0 Å². The van der Waals surface area contributed by atoms with Crippen LogP contribution in [0.1, 0.15) is 13.3 Å². The molecule has 1 unspecified atom stereocenters. The first-order valence-electron chi connectivity index (χ1n) is 5.57. The summed E-state index contributed by atoms with van der Waals surface area (Å²) in [4.78, 5) is 13.4. The molecule has 1 atom stereocenters. The maximum atomic E-state index is 11.3. The Labute approximate surface area is 102 Å². The molecule has 0 bridgehead atoms. The third kappa shape index (κ3) is 4.25. The molecule has 1 rings (SSSR count). The highest BCUT2D eigenvalue weighted by molar-refractivity contribution is 7.91. The van der Waals surface area contributed by atoms with Crippen LogP contribution in [-0.4, -0.2) is 63.1 Å². The zero-order chi connectivity index (χ0) is 13.1. The molecule has 100 valence electrons. The quantitative estimate of drug-likeness (QED) is 0.655. The Morgan fingerprint density at radius 3 is 2.41 bits per heavy atom. The van der Waals surface area contributed by atoms with E-state index in [1.54, 1.807) is 6.92 Å². The molecule has 0 radical (unpaired) electrons. The van der Waals surface area contributed by atoms with E-state index in [0.717, 1.165) is 0 Å². The van der Waals surface area contributed by atoms with Crippen LogP contribution >= 0.6 is 0 Å². The number of sulfone groups is 1. The van der Waals surface area contributed by atoms with Gasteiger partial charge in [0.05, 0.1) is 18.6 Å². The van der Waals surface area contributed by atoms with E-state index in [1.165, 1.54) is 7.11 Å². The lowest BCUT2D eigenvalue weighted by Crippen LogP contribution is -2.49. The minimum Gasteiger partial charge on any atom is -0.468 e. The number of hydrogen-bond acceptors (Lipinski definition) is 6. The molecular formula is C10H20N2O4S. The number of nitrogens with zero attached hydrogens (tertiary/aromatic N) is 1. The summed E-state index contributed by atoms with van der Waals surface area (Å²) in [7, 11) is -1.55. The van der Waals surface area contributed by atoms with Crippen molar-refractivity contribution in [3.63, 3.8) is 0 Å². The molecule has 0 aromatic carbocycles. The van der Waals surface area contributed by atoms with Crippen molar-refractivity contribution >= 4 is 15.8 Å². The van der Waals surface area contributed by atoms with E-state index in [-0.39, 0.29) is 11.5 Å². The van der Waals surface area contributed by atoms with Gasteiger partial charge in [0.25, 0.3) is 0 Å². The number of nitrogens with two attached hydrogens (primary N) is 1. The first-order chi connectivity index (χ1) is 7.77. The fourth-order valence-corrected chi connectivity index (χ4v) is 2.98. The van der Waals surface area contributed by atoms with Crippen LogP contribution in [0.4, 0.5) is 0 Å². The SMILES string of the molecule is COC(=O)C(C)(N)CCN1CCS(=O)(=O)CC1. The standard InChI is InChI=1S/C10H20N2O4S/c1-10(11,9(13)16-2)3-4-12-5-7-17(14,15)8-6-12/h3-8,11H2,1-2H3. The summed E-state index contributed by atoms with van der Waals surface area (Å²) in [5.74, 6) is -0.0684. The minimum atomic E-state index is -2.85. The number of ether oxygens (including phenoxy) is 1. The van der Waals surface area contributed by atoms with Gasteiger partial charge < -0.3 is 15.4 Å². The molecule has 0 aromatic heterocycles. The van der Waals surface area contributed by atoms with Crippen molar-refractivity contribution < 1.29 is 17.9 Å². The van der Waals surface area contributed by atoms with E-state index in [1.807, 2.05) is 4.90 Å². The van der Waals surface area contributed by atoms with Crippen LogP contribution in [0.25, 0.3) is 0 Å². The molecule has 0 aliphatic carbocycles. The Hall–Kier alpha value is -0.660. The molecule has 0 spiro atoms. The third-order valence-corrected chi connectivity index (χ3v) is 4.65. The van der Waals surface area contributed by atoms with Crippen LogP contribution in [0.2, 0.25) is 0 Å². The van der Waals surface area contributed by atoms with Crippen LogP contribution in [-0.2, 0) is 19.4 Å². The zero-order valence-corrected chi connectivity index (χ0v) is 11.1. The minimum absolute atomic E-state index is 0.187. The molecule has 1 saturated heterocycles. The third-order valence-electron chi connectivity index (χ3n) is 3.04. The molecular weight excluding hydrogens is 244 g/mol.